The Morgan fingerprint density at radius 2 is 0.679 bits per heavy atom. The van der Waals surface area contributed by atoms with Gasteiger partial charge in [0, 0.05) is 28.2 Å². The molecule has 0 amide bonds. The first kappa shape index (κ1) is 31.7. The molecule has 9 rings (SSSR count). The summed E-state index contributed by atoms with van der Waals surface area (Å²) in [4.78, 5) is 11.5. The van der Waals surface area contributed by atoms with Gasteiger partial charge in [0.15, 0.2) is 11.2 Å². The number of benzene rings is 7. The predicted molar refractivity (Wildman–Crippen MR) is 218 cm³/mol. The minimum atomic E-state index is 0.631. The van der Waals surface area contributed by atoms with E-state index in [1.165, 1.54) is 0 Å². The second-order valence-electron chi connectivity index (χ2n) is 12.7. The number of hydrogen-bond acceptors (Lipinski definition) is 5. The summed E-state index contributed by atoms with van der Waals surface area (Å²) >= 11 is 0. The van der Waals surface area contributed by atoms with E-state index in [-0.39, 0.29) is 0 Å². The summed E-state index contributed by atoms with van der Waals surface area (Å²) in [5.74, 6) is 1.26. The molecule has 9 aromatic rings. The third kappa shape index (κ3) is 6.92. The van der Waals surface area contributed by atoms with Crippen LogP contribution in [0.3, 0.4) is 0 Å². The van der Waals surface area contributed by atoms with Crippen LogP contribution in [0.4, 0.5) is 17.1 Å². The van der Waals surface area contributed by atoms with Crippen molar-refractivity contribution in [3.05, 3.63) is 198 Å². The molecule has 53 heavy (non-hydrogen) atoms. The van der Waals surface area contributed by atoms with Crippen molar-refractivity contribution < 1.29 is 8.83 Å². The Morgan fingerprint density at radius 1 is 0.340 bits per heavy atom. The smallest absolute Gasteiger partial charge is 0.227 e. The molecular weight excluding hydrogens is 651 g/mol. The molecule has 0 aliphatic rings. The maximum absolute atomic E-state index is 5.93. The maximum Gasteiger partial charge on any atom is 0.227 e. The topological polar surface area (TPSA) is 55.3 Å². The van der Waals surface area contributed by atoms with E-state index in [1.807, 2.05) is 78.9 Å². The Labute approximate surface area is 307 Å². The largest absolute Gasteiger partial charge is 0.436 e. The van der Waals surface area contributed by atoms with Gasteiger partial charge in [0.1, 0.15) is 11.0 Å². The fraction of sp³-hybridized carbons (Fsp3) is 0. The number of anilines is 3. The molecule has 252 valence electrons. The molecular formula is C48H33N3O2. The standard InChI is InChI=1S/C48H33N3O2/c1-2-8-40(9-3-1)51(41-30-22-36(23-31-41)16-14-34-18-26-38(27-19-34)47-49-43-10-4-6-12-45(43)52-47)42-32-24-37(25-33-42)17-15-35-20-28-39(29-21-35)48-50-44-11-5-7-13-46(44)53-48/h1-33H/b16-14-,17-15-. The van der Waals surface area contributed by atoms with Crippen molar-refractivity contribution in [2.75, 3.05) is 4.90 Å². The molecule has 5 nitrogen and oxygen atoms in total. The van der Waals surface area contributed by atoms with Crippen LogP contribution in [0.15, 0.2) is 185 Å². The van der Waals surface area contributed by atoms with Crippen LogP contribution in [-0.4, -0.2) is 9.97 Å². The van der Waals surface area contributed by atoms with E-state index in [2.05, 4.69) is 136 Å². The summed E-state index contributed by atoms with van der Waals surface area (Å²) in [6.07, 6.45) is 8.52. The Kier molecular flexibility index (Phi) is 8.48. The Balaban J connectivity index is 0.891. The Morgan fingerprint density at radius 3 is 1.08 bits per heavy atom. The molecule has 0 saturated carbocycles. The van der Waals surface area contributed by atoms with Crippen molar-refractivity contribution in [1.29, 1.82) is 0 Å². The second kappa shape index (κ2) is 14.2. The van der Waals surface area contributed by atoms with Crippen LogP contribution in [0.25, 0.3) is 69.4 Å². The number of fused-ring (bicyclic) bond motifs is 2. The Bertz CT molecular complexity index is 2450. The van der Waals surface area contributed by atoms with Crippen LogP contribution < -0.4 is 4.90 Å². The molecule has 0 N–H and O–H groups in total. The number of aromatic nitrogens is 2. The van der Waals surface area contributed by atoms with Gasteiger partial charge in [0.05, 0.1) is 0 Å². The lowest BCUT2D eigenvalue weighted by molar-refractivity contribution is 0.619. The highest BCUT2D eigenvalue weighted by Gasteiger charge is 2.12. The van der Waals surface area contributed by atoms with Gasteiger partial charge in [-0.05, 0) is 107 Å². The fourth-order valence-electron chi connectivity index (χ4n) is 6.34. The molecule has 0 atom stereocenters. The van der Waals surface area contributed by atoms with E-state index in [0.717, 1.165) is 72.6 Å². The van der Waals surface area contributed by atoms with E-state index in [4.69, 9.17) is 8.83 Å². The Hall–Kier alpha value is -7.24. The average molecular weight is 684 g/mol. The molecule has 0 unspecified atom stereocenters. The van der Waals surface area contributed by atoms with Gasteiger partial charge in [-0.25, -0.2) is 9.97 Å². The molecule has 0 fully saturated rings. The summed E-state index contributed by atoms with van der Waals surface area (Å²) in [6, 6.07) is 59.9. The van der Waals surface area contributed by atoms with Crippen LogP contribution >= 0.6 is 0 Å². The number of para-hydroxylation sites is 5. The molecule has 0 aliphatic heterocycles. The van der Waals surface area contributed by atoms with E-state index in [1.54, 1.807) is 0 Å². The molecule has 0 saturated heterocycles. The zero-order chi connectivity index (χ0) is 35.4. The molecule has 0 aliphatic carbocycles. The first-order chi connectivity index (χ1) is 26.2. The molecule has 5 heteroatoms. The maximum atomic E-state index is 5.93. The third-order valence-electron chi connectivity index (χ3n) is 9.16. The lowest BCUT2D eigenvalue weighted by atomic mass is 10.1. The van der Waals surface area contributed by atoms with Crippen LogP contribution in [0.2, 0.25) is 0 Å². The zero-order valence-electron chi connectivity index (χ0n) is 28.7. The van der Waals surface area contributed by atoms with E-state index >= 15 is 0 Å². The van der Waals surface area contributed by atoms with Crippen LogP contribution in [0.1, 0.15) is 22.3 Å². The monoisotopic (exact) mass is 683 g/mol. The van der Waals surface area contributed by atoms with Gasteiger partial charge in [-0.2, -0.15) is 0 Å². The van der Waals surface area contributed by atoms with Crippen molar-refractivity contribution in [1.82, 2.24) is 9.97 Å². The number of oxazole rings is 2. The van der Waals surface area contributed by atoms with E-state index < -0.39 is 0 Å². The zero-order valence-corrected chi connectivity index (χ0v) is 28.7. The van der Waals surface area contributed by atoms with Crippen LogP contribution in [0, 0.1) is 0 Å². The quantitative estimate of drug-likeness (QED) is 0.142. The normalized spacial score (nSPS) is 11.6. The summed E-state index contributed by atoms with van der Waals surface area (Å²) in [6.45, 7) is 0. The number of hydrogen-bond donors (Lipinski definition) is 0. The highest BCUT2D eigenvalue weighted by molar-refractivity contribution is 5.81. The molecule has 2 aromatic heterocycles. The van der Waals surface area contributed by atoms with Gasteiger partial charge in [0.25, 0.3) is 0 Å². The first-order valence-electron chi connectivity index (χ1n) is 17.6. The molecule has 0 radical (unpaired) electrons. The predicted octanol–water partition coefficient (Wildman–Crippen LogP) is 13.1. The van der Waals surface area contributed by atoms with Gasteiger partial charge >= 0.3 is 0 Å². The molecule has 0 spiro atoms. The lowest BCUT2D eigenvalue weighted by Gasteiger charge is -2.25. The van der Waals surface area contributed by atoms with E-state index in [0.29, 0.717) is 11.8 Å². The lowest BCUT2D eigenvalue weighted by Crippen LogP contribution is -2.09. The van der Waals surface area contributed by atoms with Gasteiger partial charge in [-0.3, -0.25) is 0 Å². The summed E-state index contributed by atoms with van der Waals surface area (Å²) in [5.41, 5.74) is 12.9. The molecule has 0 bridgehead atoms. The summed E-state index contributed by atoms with van der Waals surface area (Å²) in [7, 11) is 0. The van der Waals surface area contributed by atoms with Crippen molar-refractivity contribution >= 4 is 63.6 Å². The van der Waals surface area contributed by atoms with Crippen LogP contribution in [0.5, 0.6) is 0 Å². The minimum Gasteiger partial charge on any atom is -0.436 e. The van der Waals surface area contributed by atoms with Crippen molar-refractivity contribution in [3.8, 4) is 22.9 Å². The average Bonchev–Trinajstić information content (AvgIpc) is 3.86. The van der Waals surface area contributed by atoms with Crippen LogP contribution in [-0.2, 0) is 0 Å². The van der Waals surface area contributed by atoms with E-state index in [9.17, 15) is 0 Å². The molecule has 2 heterocycles. The fourth-order valence-corrected chi connectivity index (χ4v) is 6.34. The van der Waals surface area contributed by atoms with Gasteiger partial charge < -0.3 is 13.7 Å². The first-order valence-corrected chi connectivity index (χ1v) is 17.6. The number of rotatable bonds is 9. The highest BCUT2D eigenvalue weighted by Crippen LogP contribution is 2.35. The minimum absolute atomic E-state index is 0.631. The second-order valence-corrected chi connectivity index (χ2v) is 12.7. The van der Waals surface area contributed by atoms with Gasteiger partial charge in [-0.15, -0.1) is 0 Å². The molecule has 7 aromatic carbocycles. The van der Waals surface area contributed by atoms with Gasteiger partial charge in [-0.1, -0.05) is 115 Å². The van der Waals surface area contributed by atoms with Gasteiger partial charge in [0.2, 0.25) is 11.8 Å². The van der Waals surface area contributed by atoms with Crippen molar-refractivity contribution in [2.24, 2.45) is 0 Å². The number of nitrogens with zero attached hydrogens (tertiary/aromatic N) is 3. The van der Waals surface area contributed by atoms with Crippen molar-refractivity contribution in [2.45, 2.75) is 0 Å². The summed E-state index contributed by atoms with van der Waals surface area (Å²) < 4.78 is 11.9. The highest BCUT2D eigenvalue weighted by atomic mass is 16.4. The third-order valence-corrected chi connectivity index (χ3v) is 9.16. The van der Waals surface area contributed by atoms with Crippen molar-refractivity contribution in [3.63, 3.8) is 0 Å². The summed E-state index contributed by atoms with van der Waals surface area (Å²) in [5, 5.41) is 0. The SMILES string of the molecule is C(=C/c1ccc(N(c2ccccc2)c2ccc(/C=C\c3ccc(-c4nc5ccccc5o4)cc3)cc2)cc1)/c1ccc(-c2nc3ccccc3o2)cc1.